The van der Waals surface area contributed by atoms with E-state index in [1.807, 2.05) is 0 Å². The third-order valence-electron chi connectivity index (χ3n) is 2.63. The first kappa shape index (κ1) is 14.6. The maximum absolute atomic E-state index is 12.2. The summed E-state index contributed by atoms with van der Waals surface area (Å²) in [5.41, 5.74) is 0. The molecule has 0 aromatic heterocycles. The molecule has 0 bridgehead atoms. The van der Waals surface area contributed by atoms with Gasteiger partial charge < -0.3 is 0 Å². The fourth-order valence-corrected chi connectivity index (χ4v) is 3.37. The maximum Gasteiger partial charge on any atom is 0.241 e. The lowest BCUT2D eigenvalue weighted by Gasteiger charge is -2.09. The summed E-state index contributed by atoms with van der Waals surface area (Å²) < 4.78 is 26.9. The molecule has 0 spiro atoms. The van der Waals surface area contributed by atoms with Crippen molar-refractivity contribution in [2.45, 2.75) is 4.90 Å². The number of hydrogen-bond acceptors (Lipinski definition) is 3. The molecular formula is C12H12Cl2N2O2S. The molecule has 0 fully saturated rings. The predicted octanol–water partition coefficient (Wildman–Crippen LogP) is 2.51. The van der Waals surface area contributed by atoms with Gasteiger partial charge in [0.1, 0.15) is 0 Å². The van der Waals surface area contributed by atoms with E-state index in [1.54, 1.807) is 36.4 Å². The van der Waals surface area contributed by atoms with Crippen molar-refractivity contribution in [2.75, 3.05) is 13.1 Å². The quantitative estimate of drug-likeness (QED) is 0.658. The fraction of sp³-hybridized carbons (Fsp3) is 0.167. The van der Waals surface area contributed by atoms with Gasteiger partial charge in [-0.25, -0.2) is 18.0 Å². The minimum atomic E-state index is -3.58. The van der Waals surface area contributed by atoms with E-state index < -0.39 is 10.0 Å². The van der Waals surface area contributed by atoms with E-state index >= 15 is 0 Å². The molecule has 0 aliphatic heterocycles. The van der Waals surface area contributed by atoms with Crippen molar-refractivity contribution in [3.8, 4) is 0 Å². The van der Waals surface area contributed by atoms with Gasteiger partial charge in [0, 0.05) is 28.9 Å². The van der Waals surface area contributed by atoms with Gasteiger partial charge in [-0.3, -0.25) is 0 Å². The number of benzene rings is 2. The third kappa shape index (κ3) is 3.19. The first-order valence-corrected chi connectivity index (χ1v) is 7.80. The molecule has 2 N–H and O–H groups in total. The van der Waals surface area contributed by atoms with Gasteiger partial charge >= 0.3 is 0 Å². The molecule has 0 amide bonds. The number of nitrogens with one attached hydrogen (secondary N) is 2. The highest BCUT2D eigenvalue weighted by atomic mass is 35.5. The molecule has 2 aromatic rings. The van der Waals surface area contributed by atoms with Crippen LogP contribution in [0.2, 0.25) is 5.02 Å². The zero-order chi connectivity index (χ0) is 13.9. The molecule has 0 radical (unpaired) electrons. The van der Waals surface area contributed by atoms with Crippen molar-refractivity contribution in [3.63, 3.8) is 0 Å². The Labute approximate surface area is 121 Å². The van der Waals surface area contributed by atoms with Crippen molar-refractivity contribution in [3.05, 3.63) is 41.4 Å². The van der Waals surface area contributed by atoms with Crippen molar-refractivity contribution in [1.82, 2.24) is 9.56 Å². The molecule has 7 heteroatoms. The zero-order valence-corrected chi connectivity index (χ0v) is 12.2. The standard InChI is InChI=1S/C12H12Cl2N2O2S/c13-11-5-1-4-10-9(11)3-2-6-12(10)19(17,18)16-8-7-15-14/h1-6,15-16H,7-8H2. The Hall–Kier alpha value is -0.850. The molecule has 0 saturated heterocycles. The van der Waals surface area contributed by atoms with Crippen LogP contribution in [0.3, 0.4) is 0 Å². The van der Waals surface area contributed by atoms with E-state index in [1.165, 1.54) is 0 Å². The van der Waals surface area contributed by atoms with Gasteiger partial charge in [0.2, 0.25) is 10.0 Å². The second kappa shape index (κ2) is 6.07. The Morgan fingerprint density at radius 2 is 1.68 bits per heavy atom. The summed E-state index contributed by atoms with van der Waals surface area (Å²) >= 11 is 11.4. The summed E-state index contributed by atoms with van der Waals surface area (Å²) in [4.78, 5) is 2.57. The van der Waals surface area contributed by atoms with Crippen LogP contribution >= 0.6 is 23.4 Å². The van der Waals surface area contributed by atoms with Crippen LogP contribution < -0.4 is 9.56 Å². The van der Waals surface area contributed by atoms with Crippen LogP contribution in [0.1, 0.15) is 0 Å². The Morgan fingerprint density at radius 1 is 1.00 bits per heavy atom. The zero-order valence-electron chi connectivity index (χ0n) is 9.86. The molecule has 0 aliphatic carbocycles. The molecule has 0 atom stereocenters. The van der Waals surface area contributed by atoms with Gasteiger partial charge in [-0.1, -0.05) is 35.9 Å². The highest BCUT2D eigenvalue weighted by Gasteiger charge is 2.17. The number of rotatable bonds is 5. The molecule has 2 aromatic carbocycles. The van der Waals surface area contributed by atoms with E-state index in [4.69, 9.17) is 23.4 Å². The number of fused-ring (bicyclic) bond motifs is 1. The molecular weight excluding hydrogens is 307 g/mol. The highest BCUT2D eigenvalue weighted by molar-refractivity contribution is 7.89. The summed E-state index contributed by atoms with van der Waals surface area (Å²) in [6.07, 6.45) is 0. The van der Waals surface area contributed by atoms with Crippen LogP contribution in [0.15, 0.2) is 41.3 Å². The van der Waals surface area contributed by atoms with E-state index in [2.05, 4.69) is 9.56 Å². The summed E-state index contributed by atoms with van der Waals surface area (Å²) in [5.74, 6) is 0. The lowest BCUT2D eigenvalue weighted by Crippen LogP contribution is -2.29. The molecule has 0 heterocycles. The molecule has 2 rings (SSSR count). The lowest BCUT2D eigenvalue weighted by atomic mass is 10.1. The average molecular weight is 319 g/mol. The van der Waals surface area contributed by atoms with Crippen molar-refractivity contribution in [1.29, 1.82) is 0 Å². The lowest BCUT2D eigenvalue weighted by molar-refractivity contribution is 0.582. The van der Waals surface area contributed by atoms with Gasteiger partial charge in [0.25, 0.3) is 0 Å². The molecule has 19 heavy (non-hydrogen) atoms. The van der Waals surface area contributed by atoms with E-state index in [0.29, 0.717) is 22.3 Å². The second-order valence-corrected chi connectivity index (χ2v) is 6.28. The van der Waals surface area contributed by atoms with Gasteiger partial charge in [0.05, 0.1) is 4.90 Å². The normalized spacial score (nSPS) is 11.9. The summed E-state index contributed by atoms with van der Waals surface area (Å²) in [7, 11) is -3.58. The highest BCUT2D eigenvalue weighted by Crippen LogP contribution is 2.28. The number of halogens is 2. The Balaban J connectivity index is 2.48. The van der Waals surface area contributed by atoms with Crippen LogP contribution in [0.25, 0.3) is 10.8 Å². The first-order valence-electron chi connectivity index (χ1n) is 5.56. The topological polar surface area (TPSA) is 58.2 Å². The molecule has 0 unspecified atom stereocenters. The average Bonchev–Trinajstić information content (AvgIpc) is 2.39. The maximum atomic E-state index is 12.2. The van der Waals surface area contributed by atoms with Gasteiger partial charge in [-0.2, -0.15) is 0 Å². The Morgan fingerprint density at radius 3 is 2.42 bits per heavy atom. The minimum absolute atomic E-state index is 0.210. The molecule has 0 saturated carbocycles. The second-order valence-electron chi connectivity index (χ2n) is 3.87. The van der Waals surface area contributed by atoms with Gasteiger partial charge in [0.15, 0.2) is 0 Å². The van der Waals surface area contributed by atoms with Crippen LogP contribution in [0.4, 0.5) is 0 Å². The fourth-order valence-electron chi connectivity index (χ4n) is 1.79. The van der Waals surface area contributed by atoms with Crippen LogP contribution in [-0.2, 0) is 10.0 Å². The molecule has 102 valence electrons. The summed E-state index contributed by atoms with van der Waals surface area (Å²) in [6.45, 7) is 0.551. The Bertz CT molecular complexity index is 689. The van der Waals surface area contributed by atoms with Crippen LogP contribution in [0.5, 0.6) is 0 Å². The number of hydrogen-bond donors (Lipinski definition) is 2. The van der Waals surface area contributed by atoms with Crippen LogP contribution in [-0.4, -0.2) is 21.5 Å². The predicted molar refractivity (Wildman–Crippen MR) is 78.0 cm³/mol. The Kier molecular flexibility index (Phi) is 4.65. The summed E-state index contributed by atoms with van der Waals surface area (Å²) in [6, 6.07) is 10.2. The molecule has 4 nitrogen and oxygen atoms in total. The van der Waals surface area contributed by atoms with E-state index in [9.17, 15) is 8.42 Å². The van der Waals surface area contributed by atoms with E-state index in [-0.39, 0.29) is 11.4 Å². The van der Waals surface area contributed by atoms with Gasteiger partial charge in [-0.15, -0.1) is 0 Å². The molecule has 0 aliphatic rings. The van der Waals surface area contributed by atoms with Crippen molar-refractivity contribution in [2.24, 2.45) is 0 Å². The van der Waals surface area contributed by atoms with Crippen molar-refractivity contribution < 1.29 is 8.42 Å². The van der Waals surface area contributed by atoms with Gasteiger partial charge in [-0.05, 0) is 23.9 Å². The minimum Gasteiger partial charge on any atom is -0.232 e. The van der Waals surface area contributed by atoms with E-state index in [0.717, 1.165) is 0 Å². The largest absolute Gasteiger partial charge is 0.241 e. The van der Waals surface area contributed by atoms with Crippen molar-refractivity contribution >= 4 is 44.2 Å². The number of sulfonamides is 1. The summed E-state index contributed by atoms with van der Waals surface area (Å²) in [5, 5.41) is 1.83. The smallest absolute Gasteiger partial charge is 0.232 e. The third-order valence-corrected chi connectivity index (χ3v) is 4.67. The van der Waals surface area contributed by atoms with Crippen LogP contribution in [0, 0.1) is 0 Å². The first-order chi connectivity index (χ1) is 9.06. The SMILES string of the molecule is O=S(=O)(NCCNCl)c1cccc2c(Cl)cccc12. The monoisotopic (exact) mass is 318 g/mol.